The number of aromatic nitrogens is 5. The van der Waals surface area contributed by atoms with E-state index in [1.54, 1.807) is 0 Å². The first-order chi connectivity index (χ1) is 54.5. The lowest BCUT2D eigenvalue weighted by Gasteiger charge is -2.24. The minimum absolute atomic E-state index is 0.303. The molecule has 7 heterocycles. The lowest BCUT2D eigenvalue weighted by Crippen LogP contribution is -2.08. The summed E-state index contributed by atoms with van der Waals surface area (Å²) >= 11 is 0. The van der Waals surface area contributed by atoms with Gasteiger partial charge in [-0.1, -0.05) is 237 Å². The molecule has 23 rings (SSSR count). The molecule has 0 fully saturated rings. The van der Waals surface area contributed by atoms with Gasteiger partial charge in [0.2, 0.25) is 5.69 Å². The Morgan fingerprint density at radius 1 is 0.236 bits per heavy atom. The van der Waals surface area contributed by atoms with Crippen molar-refractivity contribution in [3.63, 3.8) is 0 Å². The highest BCUT2D eigenvalue weighted by atomic mass is 16.3. The van der Waals surface area contributed by atoms with Crippen LogP contribution in [0.5, 0.6) is 0 Å². The molecule has 10 heteroatoms. The molecule has 0 spiro atoms. The fraction of sp³-hybridized carbons (Fsp3) is 0. The maximum absolute atomic E-state index is 9.93. The van der Waals surface area contributed by atoms with E-state index in [-0.39, 0.29) is 0 Å². The monoisotopic (exact) mass is 1400 g/mol. The van der Waals surface area contributed by atoms with Crippen molar-refractivity contribution >= 4 is 137 Å². The van der Waals surface area contributed by atoms with Crippen LogP contribution in [0.2, 0.25) is 0 Å². The number of rotatable bonds is 10. The molecule has 0 unspecified atom stereocenters. The van der Waals surface area contributed by atoms with Gasteiger partial charge < -0.3 is 26.8 Å². The minimum Gasteiger partial charge on any atom is -0.455 e. The Kier molecular flexibility index (Phi) is 13.3. The first-order valence-corrected chi connectivity index (χ1v) is 36.8. The average molecular weight is 1410 g/mol. The fourth-order valence-corrected chi connectivity index (χ4v) is 17.2. The lowest BCUT2D eigenvalue weighted by atomic mass is 9.94. The molecule has 510 valence electrons. The van der Waals surface area contributed by atoms with Crippen LogP contribution in [0.25, 0.3) is 237 Å². The van der Waals surface area contributed by atoms with Crippen molar-refractivity contribution in [3.8, 4) is 101 Å². The van der Waals surface area contributed by atoms with E-state index in [1.165, 1.54) is 0 Å². The van der Waals surface area contributed by atoms with Crippen LogP contribution in [0.15, 0.2) is 357 Å². The first kappa shape index (κ1) is 61.2. The van der Waals surface area contributed by atoms with Crippen molar-refractivity contribution in [2.45, 2.75) is 0 Å². The van der Waals surface area contributed by atoms with Gasteiger partial charge in [0.25, 0.3) is 0 Å². The van der Waals surface area contributed by atoms with Gasteiger partial charge in [0.15, 0.2) is 17.5 Å². The molecule has 0 aliphatic carbocycles. The van der Waals surface area contributed by atoms with Gasteiger partial charge in [-0.3, -0.25) is 0 Å². The normalized spacial score (nSPS) is 12.0. The Bertz CT molecular complexity index is 7700. The van der Waals surface area contributed by atoms with Crippen LogP contribution in [0.4, 0.5) is 5.69 Å². The molecule has 16 aromatic carbocycles. The number of hydrogen-bond donors (Lipinski definition) is 0. The molecule has 0 N–H and O–H groups in total. The highest BCUT2D eigenvalue weighted by Crippen LogP contribution is 2.54. The van der Waals surface area contributed by atoms with E-state index >= 15 is 0 Å². The van der Waals surface area contributed by atoms with Gasteiger partial charge >= 0.3 is 0 Å². The summed E-state index contributed by atoms with van der Waals surface area (Å²) < 4.78 is 33.1. The third-order valence-corrected chi connectivity index (χ3v) is 22.2. The summed E-state index contributed by atoms with van der Waals surface area (Å²) in [6.45, 7) is 9.93. The first-order valence-electron chi connectivity index (χ1n) is 36.8. The topological polar surface area (TPSA) is 105 Å². The molecule has 0 radical (unpaired) electrons. The zero-order valence-corrected chi connectivity index (χ0v) is 58.6. The zero-order valence-electron chi connectivity index (χ0n) is 58.6. The van der Waals surface area contributed by atoms with Crippen molar-refractivity contribution in [1.29, 1.82) is 0 Å². The quantitative estimate of drug-likeness (QED) is 0.126. The molecule has 110 heavy (non-hydrogen) atoms. The summed E-state index contributed by atoms with van der Waals surface area (Å²) in [6, 6.07) is 118. The predicted molar refractivity (Wildman–Crippen MR) is 447 cm³/mol. The van der Waals surface area contributed by atoms with Crippen molar-refractivity contribution in [1.82, 2.24) is 24.1 Å². The van der Waals surface area contributed by atoms with Crippen LogP contribution in [-0.4, -0.2) is 24.1 Å². The highest BCUT2D eigenvalue weighted by Gasteiger charge is 2.33. The second-order valence-corrected chi connectivity index (χ2v) is 28.3. The Labute approximate surface area is 627 Å². The van der Waals surface area contributed by atoms with E-state index in [9.17, 15) is 6.57 Å². The fourth-order valence-electron chi connectivity index (χ4n) is 17.2. The molecule has 0 aliphatic heterocycles. The molecular formula is C100H56N6O4. The maximum Gasteiger partial charge on any atom is 0.212 e. The van der Waals surface area contributed by atoms with Gasteiger partial charge in [-0.25, -0.2) is 19.8 Å². The number of para-hydroxylation sites is 4. The number of benzene rings is 16. The van der Waals surface area contributed by atoms with Crippen LogP contribution in [0.1, 0.15) is 0 Å². The van der Waals surface area contributed by atoms with Gasteiger partial charge in [0.1, 0.15) is 44.7 Å². The van der Waals surface area contributed by atoms with Gasteiger partial charge in [0, 0.05) is 65.0 Å². The standard InChI is InChI=1S/C100H56N6O4/c1-101-80-57-79(100-103-98(73-37-21-35-69-67-33-17-19-39-85(67)107-94(69)73)102-99(104-100)74-38-22-36-70-68-34-18-20-40-86(68)108-95(70)74)92(105-81-47-41-63(58-23-7-2-8-24-58)55-77(81)90-83(105)49-45-71-75-53-65(60-27-11-4-12-28-60)43-51-87(75)109-96(71)90)89(62-31-15-6-16-32-62)93(80)106-82-48-42-64(59-25-9-3-10-26-59)56-78(82)91-84(106)50-46-72-76-54-66(61-29-13-5-14-30-61)44-52-88(76)110-97(72)91/h2-57H. The molecule has 0 aliphatic rings. The predicted octanol–water partition coefficient (Wildman–Crippen LogP) is 27.6. The Morgan fingerprint density at radius 2 is 0.573 bits per heavy atom. The van der Waals surface area contributed by atoms with E-state index < -0.39 is 0 Å². The number of hydrogen-bond acceptors (Lipinski definition) is 7. The maximum atomic E-state index is 9.93. The molecule has 7 aromatic heterocycles. The second-order valence-electron chi connectivity index (χ2n) is 28.3. The molecule has 0 amide bonds. The summed E-state index contributed by atoms with van der Waals surface area (Å²) in [6.07, 6.45) is 0. The summed E-state index contributed by atoms with van der Waals surface area (Å²) in [7, 11) is 0. The van der Waals surface area contributed by atoms with E-state index in [4.69, 9.17) is 37.5 Å². The smallest absolute Gasteiger partial charge is 0.212 e. The van der Waals surface area contributed by atoms with E-state index in [0.717, 1.165) is 176 Å². The van der Waals surface area contributed by atoms with E-state index in [2.05, 4.69) is 264 Å². The van der Waals surface area contributed by atoms with Crippen molar-refractivity contribution in [3.05, 3.63) is 351 Å². The van der Waals surface area contributed by atoms with Gasteiger partial charge in [0.05, 0.1) is 61.9 Å². The summed E-state index contributed by atoms with van der Waals surface area (Å²) in [5.41, 5.74) is 22.9. The largest absolute Gasteiger partial charge is 0.455 e. The van der Waals surface area contributed by atoms with E-state index in [1.807, 2.05) is 84.9 Å². The number of fused-ring (bicyclic) bond motifs is 20. The summed E-state index contributed by atoms with van der Waals surface area (Å²) in [4.78, 5) is 21.9. The Hall–Kier alpha value is -15.2. The third kappa shape index (κ3) is 9.25. The lowest BCUT2D eigenvalue weighted by molar-refractivity contribution is 0.669. The van der Waals surface area contributed by atoms with Crippen LogP contribution >= 0.6 is 0 Å². The van der Waals surface area contributed by atoms with E-state index in [0.29, 0.717) is 62.4 Å². The molecule has 0 atom stereocenters. The SMILES string of the molecule is [C-]#[N+]c1cc(-c2nc(-c3cccc4c3oc3ccccc34)nc(-c3cccc4c3oc3ccccc34)n2)c(-n2c3ccc(-c4ccccc4)cc3c3c4oc5ccc(-c6ccccc6)cc5c4ccc32)c(-c2ccccc2)c1-n1c2ccc(-c3ccccc3)cc2c2c3oc4ccc(-c5ccccc5)cc4c3ccc21. The molecule has 23 aromatic rings. The molecule has 0 saturated heterocycles. The van der Waals surface area contributed by atoms with Gasteiger partial charge in [-0.05, 0) is 153 Å². The van der Waals surface area contributed by atoms with Crippen molar-refractivity contribution in [2.75, 3.05) is 0 Å². The van der Waals surface area contributed by atoms with Crippen molar-refractivity contribution in [2.24, 2.45) is 0 Å². The van der Waals surface area contributed by atoms with Crippen molar-refractivity contribution < 1.29 is 17.7 Å². The second kappa shape index (κ2) is 23.9. The Balaban J connectivity index is 0.897. The molecule has 10 nitrogen and oxygen atoms in total. The molecular weight excluding hydrogens is 1350 g/mol. The molecule has 0 saturated carbocycles. The summed E-state index contributed by atoms with van der Waals surface area (Å²) in [5, 5.41) is 11.4. The van der Waals surface area contributed by atoms with Crippen LogP contribution in [-0.2, 0) is 0 Å². The number of furan rings is 4. The van der Waals surface area contributed by atoms with Gasteiger partial charge in [-0.2, -0.15) is 0 Å². The van der Waals surface area contributed by atoms with Gasteiger partial charge in [-0.15, -0.1) is 0 Å². The van der Waals surface area contributed by atoms with Crippen LogP contribution in [0.3, 0.4) is 0 Å². The van der Waals surface area contributed by atoms with Crippen LogP contribution in [0, 0.1) is 6.57 Å². The third-order valence-electron chi connectivity index (χ3n) is 22.2. The summed E-state index contributed by atoms with van der Waals surface area (Å²) in [5.74, 6) is 1.02. The average Bonchev–Trinajstić information content (AvgIpc) is 1.52. The molecule has 0 bridgehead atoms. The Morgan fingerprint density at radius 3 is 1.01 bits per heavy atom. The highest BCUT2D eigenvalue weighted by molar-refractivity contribution is 6.27. The minimum atomic E-state index is 0.303. The number of nitrogens with zero attached hydrogens (tertiary/aromatic N) is 6. The van der Waals surface area contributed by atoms with Crippen LogP contribution < -0.4 is 0 Å². The zero-order chi connectivity index (χ0) is 72.2.